The minimum atomic E-state index is 0.0573. The van der Waals surface area contributed by atoms with Crippen LogP contribution in [0.5, 0.6) is 0 Å². The molecule has 1 heterocycles. The van der Waals surface area contributed by atoms with Gasteiger partial charge in [0, 0.05) is 6.54 Å². The quantitative estimate of drug-likeness (QED) is 0.571. The summed E-state index contributed by atoms with van der Waals surface area (Å²) in [5.41, 5.74) is 8.82. The molecule has 0 aliphatic carbocycles. The molecule has 0 amide bonds. The summed E-state index contributed by atoms with van der Waals surface area (Å²) in [5, 5.41) is 0. The number of para-hydroxylation sites is 2. The van der Waals surface area contributed by atoms with Crippen LogP contribution >= 0.6 is 0 Å². The molecule has 1 aromatic heterocycles. The number of nitrogens with one attached hydrogen (secondary N) is 1. The van der Waals surface area contributed by atoms with Crippen molar-refractivity contribution in [1.82, 2.24) is 15.0 Å². The Morgan fingerprint density at radius 1 is 1.14 bits per heavy atom. The van der Waals surface area contributed by atoms with E-state index in [1.807, 2.05) is 24.5 Å². The van der Waals surface area contributed by atoms with Crippen LogP contribution in [0.2, 0.25) is 0 Å². The van der Waals surface area contributed by atoms with E-state index in [9.17, 15) is 0 Å². The van der Waals surface area contributed by atoms with E-state index >= 15 is 0 Å². The third-order valence-electron chi connectivity index (χ3n) is 4.04. The Kier molecular flexibility index (Phi) is 3.73. The van der Waals surface area contributed by atoms with E-state index in [4.69, 9.17) is 5.84 Å². The molecular formula is C17H20N4. The largest absolute Gasteiger partial charge is 0.329 e. The van der Waals surface area contributed by atoms with Crippen molar-refractivity contribution >= 4 is 11.0 Å². The van der Waals surface area contributed by atoms with Crippen LogP contribution in [-0.2, 0) is 6.54 Å². The normalized spacial score (nSPS) is 12.7. The number of rotatable bonds is 4. The summed E-state index contributed by atoms with van der Waals surface area (Å²) < 4.78 is 2.13. The van der Waals surface area contributed by atoms with Gasteiger partial charge >= 0.3 is 0 Å². The average Bonchev–Trinajstić information content (AvgIpc) is 2.91. The summed E-state index contributed by atoms with van der Waals surface area (Å²) in [6.45, 7) is 4.99. The van der Waals surface area contributed by atoms with Gasteiger partial charge in [0.1, 0.15) is 0 Å². The molecule has 0 spiro atoms. The molecule has 0 aliphatic heterocycles. The zero-order chi connectivity index (χ0) is 14.8. The zero-order valence-corrected chi connectivity index (χ0v) is 12.4. The van der Waals surface area contributed by atoms with E-state index in [1.54, 1.807) is 0 Å². The number of fused-ring (bicyclic) bond motifs is 1. The molecule has 4 nitrogen and oxygen atoms in total. The van der Waals surface area contributed by atoms with Gasteiger partial charge in [-0.05, 0) is 42.7 Å². The number of hydrazine groups is 1. The number of nitrogens with zero attached hydrogens (tertiary/aromatic N) is 2. The maximum absolute atomic E-state index is 5.77. The number of aromatic nitrogens is 2. The molecule has 108 valence electrons. The maximum atomic E-state index is 5.77. The van der Waals surface area contributed by atoms with Gasteiger partial charge in [-0.25, -0.2) is 4.98 Å². The van der Waals surface area contributed by atoms with E-state index in [0.717, 1.165) is 17.6 Å². The molecule has 0 saturated heterocycles. The van der Waals surface area contributed by atoms with Crippen molar-refractivity contribution in [3.05, 3.63) is 65.5 Å². The number of aryl methyl sites for hydroxylation is 2. The van der Waals surface area contributed by atoms with Crippen molar-refractivity contribution in [1.29, 1.82) is 0 Å². The first-order valence-corrected chi connectivity index (χ1v) is 7.12. The summed E-state index contributed by atoms with van der Waals surface area (Å²) in [5.74, 6) is 5.77. The lowest BCUT2D eigenvalue weighted by Crippen LogP contribution is -2.31. The van der Waals surface area contributed by atoms with Crippen LogP contribution in [0.1, 0.15) is 22.7 Å². The summed E-state index contributed by atoms with van der Waals surface area (Å²) in [4.78, 5) is 4.43. The van der Waals surface area contributed by atoms with Crippen molar-refractivity contribution < 1.29 is 0 Å². The number of hydrogen-bond acceptors (Lipinski definition) is 3. The van der Waals surface area contributed by atoms with Gasteiger partial charge in [-0.15, -0.1) is 0 Å². The summed E-state index contributed by atoms with van der Waals surface area (Å²) in [6, 6.07) is 14.7. The lowest BCUT2D eigenvalue weighted by atomic mass is 10.0. The van der Waals surface area contributed by atoms with Gasteiger partial charge in [0.25, 0.3) is 0 Å². The number of nitrogens with two attached hydrogens (primary N) is 1. The number of imidazole rings is 1. The van der Waals surface area contributed by atoms with Crippen molar-refractivity contribution in [2.24, 2.45) is 5.84 Å². The highest BCUT2D eigenvalue weighted by molar-refractivity contribution is 5.74. The predicted octanol–water partition coefficient (Wildman–Crippen LogP) is 2.86. The Balaban J connectivity index is 1.92. The van der Waals surface area contributed by atoms with Crippen molar-refractivity contribution in [3.63, 3.8) is 0 Å². The molecule has 1 atom stereocenters. The molecule has 3 N–H and O–H groups in total. The first-order valence-electron chi connectivity index (χ1n) is 7.12. The number of hydrogen-bond donors (Lipinski definition) is 2. The fourth-order valence-electron chi connectivity index (χ4n) is 2.59. The van der Waals surface area contributed by atoms with Crippen LogP contribution in [0.3, 0.4) is 0 Å². The molecule has 4 heteroatoms. The standard InChI is InChI=1S/C17H20N4/c1-12-7-8-14(9-13(12)2)16(20-18)10-21-11-19-15-5-3-4-6-17(15)21/h3-9,11,16,20H,10,18H2,1-2H3. The molecule has 0 saturated carbocycles. The molecule has 1 unspecified atom stereocenters. The van der Waals surface area contributed by atoms with Gasteiger partial charge in [-0.1, -0.05) is 30.3 Å². The van der Waals surface area contributed by atoms with E-state index < -0.39 is 0 Å². The van der Waals surface area contributed by atoms with Crippen LogP contribution in [0.4, 0.5) is 0 Å². The van der Waals surface area contributed by atoms with E-state index in [0.29, 0.717) is 0 Å². The third-order valence-corrected chi connectivity index (χ3v) is 4.04. The van der Waals surface area contributed by atoms with Crippen LogP contribution < -0.4 is 11.3 Å². The van der Waals surface area contributed by atoms with Crippen molar-refractivity contribution in [2.45, 2.75) is 26.4 Å². The second-order valence-corrected chi connectivity index (χ2v) is 5.45. The lowest BCUT2D eigenvalue weighted by Gasteiger charge is -2.18. The second kappa shape index (κ2) is 5.68. The molecule has 0 bridgehead atoms. The van der Waals surface area contributed by atoms with Gasteiger partial charge in [-0.2, -0.15) is 0 Å². The fraction of sp³-hybridized carbons (Fsp3) is 0.235. The third kappa shape index (κ3) is 2.68. The van der Waals surface area contributed by atoms with Crippen molar-refractivity contribution in [3.8, 4) is 0 Å². The Hall–Kier alpha value is -2.17. The van der Waals surface area contributed by atoms with Gasteiger partial charge in [0.2, 0.25) is 0 Å². The molecule has 0 radical (unpaired) electrons. The Bertz CT molecular complexity index is 760. The molecule has 3 aromatic rings. The van der Waals surface area contributed by atoms with E-state index in [2.05, 4.69) is 53.1 Å². The van der Waals surface area contributed by atoms with Crippen molar-refractivity contribution in [2.75, 3.05) is 0 Å². The average molecular weight is 280 g/mol. The predicted molar refractivity (Wildman–Crippen MR) is 85.7 cm³/mol. The highest BCUT2D eigenvalue weighted by Gasteiger charge is 2.13. The molecule has 21 heavy (non-hydrogen) atoms. The minimum Gasteiger partial charge on any atom is -0.329 e. The maximum Gasteiger partial charge on any atom is 0.0958 e. The first kappa shape index (κ1) is 13.8. The first-order chi connectivity index (χ1) is 10.2. The highest BCUT2D eigenvalue weighted by atomic mass is 15.2. The van der Waals surface area contributed by atoms with Gasteiger partial charge < -0.3 is 4.57 Å². The molecule has 0 aliphatic rings. The van der Waals surface area contributed by atoms with Crippen LogP contribution in [0.25, 0.3) is 11.0 Å². The Morgan fingerprint density at radius 2 is 1.95 bits per heavy atom. The summed E-state index contributed by atoms with van der Waals surface area (Å²) in [7, 11) is 0. The topological polar surface area (TPSA) is 55.9 Å². The van der Waals surface area contributed by atoms with Gasteiger partial charge in [-0.3, -0.25) is 11.3 Å². The smallest absolute Gasteiger partial charge is 0.0958 e. The highest BCUT2D eigenvalue weighted by Crippen LogP contribution is 2.20. The molecular weight excluding hydrogens is 260 g/mol. The lowest BCUT2D eigenvalue weighted by molar-refractivity contribution is 0.481. The second-order valence-electron chi connectivity index (χ2n) is 5.45. The number of benzene rings is 2. The van der Waals surface area contributed by atoms with Crippen LogP contribution in [0, 0.1) is 13.8 Å². The minimum absolute atomic E-state index is 0.0573. The Morgan fingerprint density at radius 3 is 2.71 bits per heavy atom. The van der Waals surface area contributed by atoms with E-state index in [1.165, 1.54) is 16.7 Å². The SMILES string of the molecule is Cc1ccc(C(Cn2cnc3ccccc32)NN)cc1C. The van der Waals surface area contributed by atoms with Crippen LogP contribution in [0.15, 0.2) is 48.8 Å². The monoisotopic (exact) mass is 280 g/mol. The summed E-state index contributed by atoms with van der Waals surface area (Å²) in [6.07, 6.45) is 1.87. The Labute approximate surface area is 124 Å². The van der Waals surface area contributed by atoms with E-state index in [-0.39, 0.29) is 6.04 Å². The van der Waals surface area contributed by atoms with Crippen LogP contribution in [-0.4, -0.2) is 9.55 Å². The van der Waals surface area contributed by atoms with Gasteiger partial charge in [0.05, 0.1) is 23.4 Å². The molecule has 2 aromatic carbocycles. The molecule has 3 rings (SSSR count). The zero-order valence-electron chi connectivity index (χ0n) is 12.4. The summed E-state index contributed by atoms with van der Waals surface area (Å²) >= 11 is 0. The van der Waals surface area contributed by atoms with Gasteiger partial charge in [0.15, 0.2) is 0 Å². The fourth-order valence-corrected chi connectivity index (χ4v) is 2.59. The molecule has 0 fully saturated rings.